The molecule has 120 valence electrons. The Bertz CT molecular complexity index is 358. The molecule has 5 unspecified atom stereocenters. The summed E-state index contributed by atoms with van der Waals surface area (Å²) >= 11 is 0. The highest BCUT2D eigenvalue weighted by atomic mass is 15.3. The van der Waals surface area contributed by atoms with Crippen LogP contribution in [0.15, 0.2) is 0 Å². The fourth-order valence-corrected chi connectivity index (χ4v) is 5.57. The lowest BCUT2D eigenvalue weighted by Gasteiger charge is -2.42. The van der Waals surface area contributed by atoms with Crippen molar-refractivity contribution in [1.29, 1.82) is 0 Å². The maximum Gasteiger partial charge on any atom is 0.0223 e. The maximum atomic E-state index is 4.02. The zero-order valence-electron chi connectivity index (χ0n) is 13.8. The third-order valence-corrected chi connectivity index (χ3v) is 6.96. The van der Waals surface area contributed by atoms with Gasteiger partial charge in [-0.25, -0.2) is 0 Å². The molecule has 4 aliphatic rings. The number of hydrogen-bond donors (Lipinski definition) is 1. The van der Waals surface area contributed by atoms with Crippen molar-refractivity contribution in [2.24, 2.45) is 5.92 Å². The largest absolute Gasteiger partial charge is 0.310 e. The monoisotopic (exact) mass is 291 g/mol. The standard InChI is InChI=1S/C18H33N3/c1-20-16-8-9-17(20)13-21(11-10-16)12-15-7-6-14-4-2-3-5-18(14)19-15/h14-19H,2-13H2,1H3. The van der Waals surface area contributed by atoms with Gasteiger partial charge in [0.15, 0.2) is 0 Å². The van der Waals surface area contributed by atoms with Crippen LogP contribution in [-0.2, 0) is 0 Å². The summed E-state index contributed by atoms with van der Waals surface area (Å²) in [5.41, 5.74) is 0. The van der Waals surface area contributed by atoms with Crippen molar-refractivity contribution in [1.82, 2.24) is 15.1 Å². The van der Waals surface area contributed by atoms with Gasteiger partial charge in [-0.3, -0.25) is 4.90 Å². The van der Waals surface area contributed by atoms with Gasteiger partial charge in [0.25, 0.3) is 0 Å². The normalized spacial score (nSPS) is 45.3. The molecule has 0 aromatic rings. The van der Waals surface area contributed by atoms with Gasteiger partial charge < -0.3 is 10.2 Å². The molecule has 3 aliphatic heterocycles. The SMILES string of the molecule is CN1C2CCC1CN(CC1CCC3CCCCC3N1)CC2. The van der Waals surface area contributed by atoms with E-state index in [1.54, 1.807) is 0 Å². The van der Waals surface area contributed by atoms with Crippen LogP contribution in [0.25, 0.3) is 0 Å². The van der Waals surface area contributed by atoms with Gasteiger partial charge in [-0.1, -0.05) is 12.8 Å². The molecule has 4 rings (SSSR count). The summed E-state index contributed by atoms with van der Waals surface area (Å²) in [5, 5.41) is 4.02. The predicted octanol–water partition coefficient (Wildman–Crippen LogP) is 2.47. The van der Waals surface area contributed by atoms with E-state index >= 15 is 0 Å². The third-order valence-electron chi connectivity index (χ3n) is 6.96. The van der Waals surface area contributed by atoms with E-state index in [2.05, 4.69) is 22.2 Å². The molecule has 1 aliphatic carbocycles. The third kappa shape index (κ3) is 3.02. The minimum absolute atomic E-state index is 0.770. The summed E-state index contributed by atoms with van der Waals surface area (Å²) in [6.07, 6.45) is 13.0. The van der Waals surface area contributed by atoms with E-state index in [1.165, 1.54) is 77.4 Å². The molecule has 0 amide bonds. The molecular formula is C18H33N3. The highest BCUT2D eigenvalue weighted by Crippen LogP contribution is 2.33. The predicted molar refractivity (Wildman–Crippen MR) is 87.5 cm³/mol. The molecular weight excluding hydrogens is 258 g/mol. The fraction of sp³-hybridized carbons (Fsp3) is 1.00. The summed E-state index contributed by atoms with van der Waals surface area (Å²) < 4.78 is 0. The van der Waals surface area contributed by atoms with Gasteiger partial charge in [-0.05, 0) is 64.5 Å². The molecule has 0 radical (unpaired) electrons. The van der Waals surface area contributed by atoms with Crippen molar-refractivity contribution in [3.63, 3.8) is 0 Å². The van der Waals surface area contributed by atoms with Crippen LogP contribution in [0.1, 0.15) is 57.8 Å². The Kier molecular flexibility index (Phi) is 4.25. The van der Waals surface area contributed by atoms with Crippen molar-refractivity contribution >= 4 is 0 Å². The Morgan fingerprint density at radius 3 is 2.71 bits per heavy atom. The van der Waals surface area contributed by atoms with Crippen molar-refractivity contribution in [3.8, 4) is 0 Å². The molecule has 0 spiro atoms. The van der Waals surface area contributed by atoms with Crippen LogP contribution in [0, 0.1) is 5.92 Å². The van der Waals surface area contributed by atoms with Crippen LogP contribution in [0.4, 0.5) is 0 Å². The lowest BCUT2D eigenvalue weighted by atomic mass is 9.77. The van der Waals surface area contributed by atoms with Crippen LogP contribution in [0.2, 0.25) is 0 Å². The Balaban J connectivity index is 1.32. The average molecular weight is 291 g/mol. The molecule has 0 aromatic carbocycles. The Morgan fingerprint density at radius 1 is 0.905 bits per heavy atom. The van der Waals surface area contributed by atoms with E-state index in [0.717, 1.165) is 30.1 Å². The van der Waals surface area contributed by atoms with E-state index in [4.69, 9.17) is 0 Å². The van der Waals surface area contributed by atoms with Crippen molar-refractivity contribution < 1.29 is 0 Å². The second-order valence-corrected chi connectivity index (χ2v) is 8.19. The number of nitrogens with zero attached hydrogens (tertiary/aromatic N) is 2. The number of piperidine rings is 1. The fourth-order valence-electron chi connectivity index (χ4n) is 5.57. The Morgan fingerprint density at radius 2 is 1.76 bits per heavy atom. The molecule has 1 N–H and O–H groups in total. The second-order valence-electron chi connectivity index (χ2n) is 8.19. The highest BCUT2D eigenvalue weighted by molar-refractivity contribution is 4.94. The van der Waals surface area contributed by atoms with E-state index in [1.807, 2.05) is 0 Å². The second kappa shape index (κ2) is 6.17. The maximum absolute atomic E-state index is 4.02. The van der Waals surface area contributed by atoms with Crippen LogP contribution >= 0.6 is 0 Å². The van der Waals surface area contributed by atoms with E-state index in [-0.39, 0.29) is 0 Å². The summed E-state index contributed by atoms with van der Waals surface area (Å²) in [5.74, 6) is 1.00. The molecule has 4 fully saturated rings. The molecule has 2 bridgehead atoms. The number of fused-ring (bicyclic) bond motifs is 3. The summed E-state index contributed by atoms with van der Waals surface area (Å²) in [6.45, 7) is 3.96. The van der Waals surface area contributed by atoms with Gasteiger partial charge in [0.05, 0.1) is 0 Å². The van der Waals surface area contributed by atoms with E-state index < -0.39 is 0 Å². The topological polar surface area (TPSA) is 18.5 Å². The quantitative estimate of drug-likeness (QED) is 0.843. The number of nitrogens with one attached hydrogen (secondary N) is 1. The van der Waals surface area contributed by atoms with Gasteiger partial charge in [0.1, 0.15) is 0 Å². The summed E-state index contributed by atoms with van der Waals surface area (Å²) in [4.78, 5) is 5.45. The molecule has 21 heavy (non-hydrogen) atoms. The van der Waals surface area contributed by atoms with Gasteiger partial charge in [0.2, 0.25) is 0 Å². The number of hydrogen-bond acceptors (Lipinski definition) is 3. The van der Waals surface area contributed by atoms with Crippen molar-refractivity contribution in [2.45, 2.75) is 82.0 Å². The highest BCUT2D eigenvalue weighted by Gasteiger charge is 2.36. The number of rotatable bonds is 2. The first-order valence-electron chi connectivity index (χ1n) is 9.50. The van der Waals surface area contributed by atoms with Gasteiger partial charge in [0, 0.05) is 37.3 Å². The average Bonchev–Trinajstić information content (AvgIpc) is 2.75. The Hall–Kier alpha value is -0.120. The first kappa shape index (κ1) is 14.5. The first-order chi connectivity index (χ1) is 10.3. The first-order valence-corrected chi connectivity index (χ1v) is 9.50. The minimum Gasteiger partial charge on any atom is -0.310 e. The lowest BCUT2D eigenvalue weighted by Crippen LogP contribution is -2.53. The van der Waals surface area contributed by atoms with Crippen LogP contribution in [0.5, 0.6) is 0 Å². The van der Waals surface area contributed by atoms with E-state index in [9.17, 15) is 0 Å². The molecule has 3 nitrogen and oxygen atoms in total. The van der Waals surface area contributed by atoms with Gasteiger partial charge in [-0.15, -0.1) is 0 Å². The zero-order chi connectivity index (χ0) is 14.2. The molecule has 3 heteroatoms. The van der Waals surface area contributed by atoms with Gasteiger partial charge in [-0.2, -0.15) is 0 Å². The molecule has 1 saturated carbocycles. The van der Waals surface area contributed by atoms with Crippen molar-refractivity contribution in [3.05, 3.63) is 0 Å². The molecule has 0 aromatic heterocycles. The lowest BCUT2D eigenvalue weighted by molar-refractivity contribution is 0.138. The smallest absolute Gasteiger partial charge is 0.0223 e. The van der Waals surface area contributed by atoms with Crippen LogP contribution < -0.4 is 5.32 Å². The zero-order valence-corrected chi connectivity index (χ0v) is 13.8. The van der Waals surface area contributed by atoms with Crippen molar-refractivity contribution in [2.75, 3.05) is 26.7 Å². The van der Waals surface area contributed by atoms with E-state index in [0.29, 0.717) is 0 Å². The Labute approximate surface area is 130 Å². The molecule has 3 saturated heterocycles. The summed E-state index contributed by atoms with van der Waals surface area (Å²) in [7, 11) is 2.36. The summed E-state index contributed by atoms with van der Waals surface area (Å²) in [6, 6.07) is 3.33. The minimum atomic E-state index is 0.770. The number of likely N-dealkylation sites (tertiary alicyclic amines) is 1. The van der Waals surface area contributed by atoms with Crippen LogP contribution in [-0.4, -0.2) is 60.6 Å². The van der Waals surface area contributed by atoms with Gasteiger partial charge >= 0.3 is 0 Å². The molecule has 3 heterocycles. The molecule has 5 atom stereocenters. The number of likely N-dealkylation sites (N-methyl/N-ethyl adjacent to an activating group) is 1. The van der Waals surface area contributed by atoms with Crippen LogP contribution in [0.3, 0.4) is 0 Å².